The van der Waals surface area contributed by atoms with E-state index in [1.54, 1.807) is 24.3 Å². The lowest BCUT2D eigenvalue weighted by Crippen LogP contribution is -2.28. The number of sulfonamides is 1. The highest BCUT2D eigenvalue weighted by Crippen LogP contribution is 2.49. The lowest BCUT2D eigenvalue weighted by atomic mass is 9.95. The number of carbonyl (C=O) groups excluding carboxylic acids is 1. The molecule has 0 aliphatic heterocycles. The number of rotatable bonds is 5. The van der Waals surface area contributed by atoms with Crippen molar-refractivity contribution in [3.05, 3.63) is 59.1 Å². The van der Waals surface area contributed by atoms with Gasteiger partial charge in [0.2, 0.25) is 15.9 Å². The maximum Gasteiger partial charge on any atom is 0.242 e. The van der Waals surface area contributed by atoms with E-state index in [0.717, 1.165) is 22.7 Å². The molecule has 0 unspecified atom stereocenters. The van der Waals surface area contributed by atoms with Crippen molar-refractivity contribution in [3.8, 4) is 0 Å². The molecular formula is C18H19ClN2O3S. The molecule has 3 rings (SSSR count). The van der Waals surface area contributed by atoms with Crippen LogP contribution in [0.2, 0.25) is 5.02 Å². The van der Waals surface area contributed by atoms with E-state index < -0.39 is 15.4 Å². The average molecular weight is 379 g/mol. The summed E-state index contributed by atoms with van der Waals surface area (Å²) in [6.45, 7) is 0. The summed E-state index contributed by atoms with van der Waals surface area (Å²) in [5.74, 6) is -0.144. The van der Waals surface area contributed by atoms with Gasteiger partial charge in [0.15, 0.2) is 0 Å². The molecule has 1 aliphatic carbocycles. The van der Waals surface area contributed by atoms with Crippen LogP contribution in [0.1, 0.15) is 18.4 Å². The van der Waals surface area contributed by atoms with Gasteiger partial charge in [-0.25, -0.2) is 12.7 Å². The highest BCUT2D eigenvalue weighted by Gasteiger charge is 2.51. The minimum Gasteiger partial charge on any atom is -0.325 e. The van der Waals surface area contributed by atoms with Gasteiger partial charge in [-0.2, -0.15) is 0 Å². The van der Waals surface area contributed by atoms with Crippen LogP contribution in [-0.2, 0) is 20.2 Å². The Morgan fingerprint density at radius 3 is 2.40 bits per heavy atom. The first kappa shape index (κ1) is 17.9. The molecule has 7 heteroatoms. The predicted octanol–water partition coefficient (Wildman–Crippen LogP) is 3.26. The molecular weight excluding hydrogens is 360 g/mol. The van der Waals surface area contributed by atoms with Gasteiger partial charge >= 0.3 is 0 Å². The fraction of sp³-hybridized carbons (Fsp3) is 0.278. The minimum atomic E-state index is -3.55. The van der Waals surface area contributed by atoms with Crippen molar-refractivity contribution >= 4 is 33.2 Å². The van der Waals surface area contributed by atoms with Crippen LogP contribution in [0.4, 0.5) is 5.69 Å². The molecule has 5 nitrogen and oxygen atoms in total. The van der Waals surface area contributed by atoms with E-state index in [0.29, 0.717) is 10.7 Å². The van der Waals surface area contributed by atoms with Gasteiger partial charge in [-0.3, -0.25) is 4.79 Å². The topological polar surface area (TPSA) is 66.5 Å². The van der Waals surface area contributed by atoms with Crippen LogP contribution in [0.15, 0.2) is 53.4 Å². The second-order valence-corrected chi connectivity index (χ2v) is 8.95. The number of benzene rings is 2. The maximum atomic E-state index is 12.8. The summed E-state index contributed by atoms with van der Waals surface area (Å²) in [7, 11) is -0.606. The number of hydrogen-bond donors (Lipinski definition) is 1. The summed E-state index contributed by atoms with van der Waals surface area (Å²) in [5.41, 5.74) is 0.761. The zero-order valence-electron chi connectivity index (χ0n) is 14.0. The number of anilines is 1. The summed E-state index contributed by atoms with van der Waals surface area (Å²) in [6, 6.07) is 13.6. The average Bonchev–Trinajstić information content (AvgIpc) is 3.37. The second kappa shape index (κ2) is 6.44. The summed E-state index contributed by atoms with van der Waals surface area (Å²) in [5, 5.41) is 3.44. The molecule has 0 atom stereocenters. The predicted molar refractivity (Wildman–Crippen MR) is 98.3 cm³/mol. The van der Waals surface area contributed by atoms with Crippen molar-refractivity contribution in [1.29, 1.82) is 0 Å². The Morgan fingerprint density at radius 2 is 1.80 bits per heavy atom. The molecule has 1 aliphatic rings. The van der Waals surface area contributed by atoms with E-state index in [2.05, 4.69) is 5.32 Å². The Bertz CT molecular complexity index is 921. The number of nitrogens with zero attached hydrogens (tertiary/aromatic N) is 1. The van der Waals surface area contributed by atoms with Crippen molar-refractivity contribution in [2.45, 2.75) is 23.2 Å². The zero-order chi connectivity index (χ0) is 18.2. The summed E-state index contributed by atoms with van der Waals surface area (Å²) < 4.78 is 25.6. The zero-order valence-corrected chi connectivity index (χ0v) is 15.6. The van der Waals surface area contributed by atoms with Gasteiger partial charge in [0, 0.05) is 24.8 Å². The number of nitrogens with one attached hydrogen (secondary N) is 1. The highest BCUT2D eigenvalue weighted by atomic mass is 35.5. The third-order valence-electron chi connectivity index (χ3n) is 4.43. The Morgan fingerprint density at radius 1 is 1.12 bits per heavy atom. The number of carbonyl (C=O) groups is 1. The van der Waals surface area contributed by atoms with Crippen molar-refractivity contribution in [2.24, 2.45) is 0 Å². The van der Waals surface area contributed by atoms with Gasteiger partial charge in [-0.1, -0.05) is 29.8 Å². The van der Waals surface area contributed by atoms with Crippen LogP contribution >= 0.6 is 11.6 Å². The standard InChI is InChI=1S/C18H19ClN2O3S/c1-21(2)25(23,24)16-8-4-7-15(12-16)20-17(22)18(9-10-18)13-5-3-6-14(19)11-13/h3-8,11-12H,9-10H2,1-2H3,(H,20,22). The molecule has 0 saturated heterocycles. The fourth-order valence-electron chi connectivity index (χ4n) is 2.75. The quantitative estimate of drug-likeness (QED) is 0.868. The molecule has 0 aromatic heterocycles. The fourth-order valence-corrected chi connectivity index (χ4v) is 3.89. The Labute approximate surface area is 152 Å². The SMILES string of the molecule is CN(C)S(=O)(=O)c1cccc(NC(=O)C2(c3cccc(Cl)c3)CC2)c1. The minimum absolute atomic E-state index is 0.142. The van der Waals surface area contributed by atoms with Crippen molar-refractivity contribution in [1.82, 2.24) is 4.31 Å². The van der Waals surface area contributed by atoms with E-state index >= 15 is 0 Å². The molecule has 2 aromatic rings. The molecule has 132 valence electrons. The molecule has 2 aromatic carbocycles. The smallest absolute Gasteiger partial charge is 0.242 e. The summed E-state index contributed by atoms with van der Waals surface area (Å²) >= 11 is 6.04. The molecule has 1 saturated carbocycles. The van der Waals surface area contributed by atoms with Gasteiger partial charge < -0.3 is 5.32 Å². The Kier molecular flexibility index (Phi) is 4.62. The Balaban J connectivity index is 1.85. The largest absolute Gasteiger partial charge is 0.325 e. The van der Waals surface area contributed by atoms with E-state index in [9.17, 15) is 13.2 Å². The molecule has 0 bridgehead atoms. The molecule has 1 fully saturated rings. The first-order valence-electron chi connectivity index (χ1n) is 7.86. The van der Waals surface area contributed by atoms with E-state index in [4.69, 9.17) is 11.6 Å². The van der Waals surface area contributed by atoms with Crippen LogP contribution in [0, 0.1) is 0 Å². The first-order valence-corrected chi connectivity index (χ1v) is 9.68. The van der Waals surface area contributed by atoms with Gasteiger partial charge in [-0.05, 0) is 48.7 Å². The monoisotopic (exact) mass is 378 g/mol. The maximum absolute atomic E-state index is 12.8. The van der Waals surface area contributed by atoms with Crippen molar-refractivity contribution in [3.63, 3.8) is 0 Å². The van der Waals surface area contributed by atoms with Crippen molar-refractivity contribution in [2.75, 3.05) is 19.4 Å². The summed E-state index contributed by atoms with van der Waals surface area (Å²) in [6.07, 6.45) is 1.49. The third kappa shape index (κ3) is 3.42. The van der Waals surface area contributed by atoms with E-state index in [1.165, 1.54) is 26.2 Å². The number of amides is 1. The van der Waals surface area contributed by atoms with Crippen LogP contribution in [0.5, 0.6) is 0 Å². The van der Waals surface area contributed by atoms with Crippen LogP contribution in [-0.4, -0.2) is 32.7 Å². The van der Waals surface area contributed by atoms with Crippen LogP contribution in [0.3, 0.4) is 0 Å². The molecule has 0 radical (unpaired) electrons. The summed E-state index contributed by atoms with van der Waals surface area (Å²) in [4.78, 5) is 12.9. The number of hydrogen-bond acceptors (Lipinski definition) is 3. The lowest BCUT2D eigenvalue weighted by molar-refractivity contribution is -0.118. The van der Waals surface area contributed by atoms with E-state index in [1.807, 2.05) is 12.1 Å². The molecule has 1 N–H and O–H groups in total. The molecule has 25 heavy (non-hydrogen) atoms. The van der Waals surface area contributed by atoms with Crippen LogP contribution in [0.25, 0.3) is 0 Å². The molecule has 0 spiro atoms. The first-order chi connectivity index (χ1) is 11.8. The Hall–Kier alpha value is -1.89. The normalized spacial score (nSPS) is 15.8. The van der Waals surface area contributed by atoms with Gasteiger partial charge in [0.25, 0.3) is 0 Å². The second-order valence-electron chi connectivity index (χ2n) is 6.36. The molecule has 1 amide bonds. The van der Waals surface area contributed by atoms with Gasteiger partial charge in [0.1, 0.15) is 0 Å². The van der Waals surface area contributed by atoms with E-state index in [-0.39, 0.29) is 10.8 Å². The van der Waals surface area contributed by atoms with Crippen molar-refractivity contribution < 1.29 is 13.2 Å². The lowest BCUT2D eigenvalue weighted by Gasteiger charge is -2.17. The van der Waals surface area contributed by atoms with Crippen LogP contribution < -0.4 is 5.32 Å². The number of halogens is 1. The highest BCUT2D eigenvalue weighted by molar-refractivity contribution is 7.89. The third-order valence-corrected chi connectivity index (χ3v) is 6.48. The van der Waals surface area contributed by atoms with Gasteiger partial charge in [0.05, 0.1) is 10.3 Å². The molecule has 0 heterocycles. The van der Waals surface area contributed by atoms with Gasteiger partial charge in [-0.15, -0.1) is 0 Å².